The molecule has 1 aliphatic rings. The number of nitrogens with two attached hydrogens (primary N) is 1. The number of nitrogens with zero attached hydrogens (tertiary/aromatic N) is 1. The van der Waals surface area contributed by atoms with Crippen molar-refractivity contribution in [3.05, 3.63) is 34.9 Å². The highest BCUT2D eigenvalue weighted by Crippen LogP contribution is 2.28. The molecule has 1 aromatic carbocycles. The molecule has 1 amide bonds. The predicted molar refractivity (Wildman–Crippen MR) is 70.7 cm³/mol. The standard InChI is InChI=1S/C13H15ClN2O3/c14-10-3-1-8(2-4-10)11(12(15)17)16-6-5-9(7-16)13(18)19/h1-4,9,11H,5-7H2,(H2,15,17)(H,18,19). The highest BCUT2D eigenvalue weighted by atomic mass is 35.5. The van der Waals surface area contributed by atoms with Gasteiger partial charge < -0.3 is 10.8 Å². The molecule has 1 aromatic rings. The van der Waals surface area contributed by atoms with Crippen molar-refractivity contribution in [2.75, 3.05) is 13.1 Å². The van der Waals surface area contributed by atoms with Gasteiger partial charge in [-0.2, -0.15) is 0 Å². The van der Waals surface area contributed by atoms with E-state index in [-0.39, 0.29) is 0 Å². The normalized spacial score (nSPS) is 21.2. The van der Waals surface area contributed by atoms with E-state index >= 15 is 0 Å². The third-order valence-electron chi connectivity index (χ3n) is 3.39. The molecular weight excluding hydrogens is 268 g/mol. The van der Waals surface area contributed by atoms with Gasteiger partial charge in [0.05, 0.1) is 5.92 Å². The lowest BCUT2D eigenvalue weighted by molar-refractivity contribution is -0.141. The van der Waals surface area contributed by atoms with Crippen molar-refractivity contribution in [2.45, 2.75) is 12.5 Å². The molecule has 6 heteroatoms. The van der Waals surface area contributed by atoms with Crippen LogP contribution in [-0.4, -0.2) is 35.0 Å². The highest BCUT2D eigenvalue weighted by Gasteiger charge is 2.35. The van der Waals surface area contributed by atoms with Crippen molar-refractivity contribution < 1.29 is 14.7 Å². The first-order chi connectivity index (χ1) is 8.99. The zero-order valence-corrected chi connectivity index (χ0v) is 11.0. The fraction of sp³-hybridized carbons (Fsp3) is 0.385. The van der Waals surface area contributed by atoms with Gasteiger partial charge >= 0.3 is 5.97 Å². The van der Waals surface area contributed by atoms with Crippen molar-refractivity contribution in [1.29, 1.82) is 0 Å². The van der Waals surface area contributed by atoms with Crippen LogP contribution in [0.25, 0.3) is 0 Å². The maximum absolute atomic E-state index is 11.6. The number of aliphatic carboxylic acids is 1. The van der Waals surface area contributed by atoms with E-state index in [1.165, 1.54) is 0 Å². The van der Waals surface area contributed by atoms with Crippen LogP contribution in [0.4, 0.5) is 0 Å². The Balaban J connectivity index is 2.20. The van der Waals surface area contributed by atoms with Crippen LogP contribution in [0.2, 0.25) is 5.02 Å². The third kappa shape index (κ3) is 3.05. The minimum Gasteiger partial charge on any atom is -0.481 e. The molecule has 0 bridgehead atoms. The van der Waals surface area contributed by atoms with Gasteiger partial charge in [-0.15, -0.1) is 0 Å². The summed E-state index contributed by atoms with van der Waals surface area (Å²) in [6, 6.07) is 6.27. The maximum atomic E-state index is 11.6. The second-order valence-electron chi connectivity index (χ2n) is 4.68. The van der Waals surface area contributed by atoms with E-state index in [0.717, 1.165) is 5.56 Å². The van der Waals surface area contributed by atoms with Crippen molar-refractivity contribution in [2.24, 2.45) is 11.7 Å². The molecule has 1 aliphatic heterocycles. The van der Waals surface area contributed by atoms with Gasteiger partial charge in [0.15, 0.2) is 0 Å². The van der Waals surface area contributed by atoms with E-state index in [1.807, 2.05) is 4.90 Å². The summed E-state index contributed by atoms with van der Waals surface area (Å²) < 4.78 is 0. The molecule has 2 atom stereocenters. The second kappa shape index (κ2) is 5.59. The Bertz CT molecular complexity index is 489. The molecule has 0 saturated carbocycles. The highest BCUT2D eigenvalue weighted by molar-refractivity contribution is 6.30. The molecule has 1 fully saturated rings. The van der Waals surface area contributed by atoms with Crippen LogP contribution in [0.1, 0.15) is 18.0 Å². The summed E-state index contributed by atoms with van der Waals surface area (Å²) in [4.78, 5) is 24.4. The number of carbonyl (C=O) groups is 2. The largest absolute Gasteiger partial charge is 0.481 e. The van der Waals surface area contributed by atoms with E-state index in [2.05, 4.69) is 0 Å². The van der Waals surface area contributed by atoms with E-state index in [4.69, 9.17) is 22.4 Å². The lowest BCUT2D eigenvalue weighted by Gasteiger charge is -2.25. The summed E-state index contributed by atoms with van der Waals surface area (Å²) in [5.41, 5.74) is 6.19. The van der Waals surface area contributed by atoms with Crippen LogP contribution >= 0.6 is 11.6 Å². The molecule has 5 nitrogen and oxygen atoms in total. The van der Waals surface area contributed by atoms with Crippen LogP contribution in [0.15, 0.2) is 24.3 Å². The van der Waals surface area contributed by atoms with Gasteiger partial charge in [0, 0.05) is 18.1 Å². The average Bonchev–Trinajstić information content (AvgIpc) is 2.81. The lowest BCUT2D eigenvalue weighted by Crippen LogP contribution is -2.37. The van der Waals surface area contributed by atoms with Crippen LogP contribution in [-0.2, 0) is 9.59 Å². The maximum Gasteiger partial charge on any atom is 0.307 e. The van der Waals surface area contributed by atoms with Crippen molar-refractivity contribution in [1.82, 2.24) is 4.90 Å². The van der Waals surface area contributed by atoms with E-state index in [9.17, 15) is 9.59 Å². The first kappa shape index (κ1) is 13.8. The molecule has 0 radical (unpaired) electrons. The Morgan fingerprint density at radius 2 is 2.00 bits per heavy atom. The smallest absolute Gasteiger partial charge is 0.307 e. The number of rotatable bonds is 4. The number of carboxylic acid groups (broad SMARTS) is 1. The number of hydrogen-bond acceptors (Lipinski definition) is 3. The fourth-order valence-electron chi connectivity index (χ4n) is 2.42. The number of likely N-dealkylation sites (tertiary alicyclic amines) is 1. The number of benzene rings is 1. The molecule has 102 valence electrons. The molecule has 2 unspecified atom stereocenters. The summed E-state index contributed by atoms with van der Waals surface area (Å²) in [6.07, 6.45) is 0.534. The minimum absolute atomic E-state index is 0.339. The zero-order valence-electron chi connectivity index (χ0n) is 10.3. The van der Waals surface area contributed by atoms with Gasteiger partial charge in [-0.25, -0.2) is 0 Å². The van der Waals surface area contributed by atoms with Gasteiger partial charge in [0.1, 0.15) is 6.04 Å². The van der Waals surface area contributed by atoms with Crippen LogP contribution in [0, 0.1) is 5.92 Å². The first-order valence-electron chi connectivity index (χ1n) is 6.00. The zero-order chi connectivity index (χ0) is 14.0. The number of amides is 1. The molecule has 0 spiro atoms. The first-order valence-corrected chi connectivity index (χ1v) is 6.38. The van der Waals surface area contributed by atoms with E-state index in [1.54, 1.807) is 24.3 Å². The molecule has 19 heavy (non-hydrogen) atoms. The van der Waals surface area contributed by atoms with Crippen molar-refractivity contribution >= 4 is 23.5 Å². The number of carboxylic acids is 1. The number of carbonyl (C=O) groups excluding carboxylic acids is 1. The summed E-state index contributed by atoms with van der Waals surface area (Å²) in [5, 5.41) is 9.58. The number of primary amides is 1. The summed E-state index contributed by atoms with van der Waals surface area (Å²) >= 11 is 5.81. The summed E-state index contributed by atoms with van der Waals surface area (Å²) in [6.45, 7) is 0.888. The molecule has 3 N–H and O–H groups in total. The molecule has 1 saturated heterocycles. The van der Waals surface area contributed by atoms with E-state index in [0.29, 0.717) is 24.5 Å². The molecule has 0 aliphatic carbocycles. The topological polar surface area (TPSA) is 83.6 Å². The predicted octanol–water partition coefficient (Wildman–Crippen LogP) is 1.27. The fourth-order valence-corrected chi connectivity index (χ4v) is 2.55. The van der Waals surface area contributed by atoms with Crippen molar-refractivity contribution in [3.63, 3.8) is 0 Å². The Hall–Kier alpha value is -1.59. The molecule has 1 heterocycles. The summed E-state index contributed by atoms with van der Waals surface area (Å²) in [5.74, 6) is -1.75. The monoisotopic (exact) mass is 282 g/mol. The Morgan fingerprint density at radius 3 is 2.47 bits per heavy atom. The van der Waals surface area contributed by atoms with Crippen LogP contribution in [0.5, 0.6) is 0 Å². The molecule has 2 rings (SSSR count). The quantitative estimate of drug-likeness (QED) is 0.871. The molecular formula is C13H15ClN2O3. The van der Waals surface area contributed by atoms with Gasteiger partial charge in [0.25, 0.3) is 0 Å². The number of hydrogen-bond donors (Lipinski definition) is 2. The minimum atomic E-state index is -0.832. The van der Waals surface area contributed by atoms with Crippen LogP contribution in [0.3, 0.4) is 0 Å². The second-order valence-corrected chi connectivity index (χ2v) is 5.11. The lowest BCUT2D eigenvalue weighted by atomic mass is 10.0. The van der Waals surface area contributed by atoms with E-state index < -0.39 is 23.8 Å². The average molecular weight is 283 g/mol. The molecule has 0 aromatic heterocycles. The number of halogens is 1. The third-order valence-corrected chi connectivity index (χ3v) is 3.64. The van der Waals surface area contributed by atoms with Gasteiger partial charge in [-0.05, 0) is 24.1 Å². The van der Waals surface area contributed by atoms with Crippen LogP contribution < -0.4 is 5.73 Å². The Kier molecular flexibility index (Phi) is 4.07. The van der Waals surface area contributed by atoms with Crippen molar-refractivity contribution in [3.8, 4) is 0 Å². The Labute approximate surface area is 116 Å². The van der Waals surface area contributed by atoms with Gasteiger partial charge in [-0.3, -0.25) is 14.5 Å². The van der Waals surface area contributed by atoms with Gasteiger partial charge in [-0.1, -0.05) is 23.7 Å². The SMILES string of the molecule is NC(=O)C(c1ccc(Cl)cc1)N1CCC(C(=O)O)C1. The Morgan fingerprint density at radius 1 is 1.37 bits per heavy atom. The van der Waals surface area contributed by atoms with Gasteiger partial charge in [0.2, 0.25) is 5.91 Å². The summed E-state index contributed by atoms with van der Waals surface area (Å²) in [7, 11) is 0.